The molecule has 0 aliphatic carbocycles. The zero-order chi connectivity index (χ0) is 19.3. The van der Waals surface area contributed by atoms with E-state index in [1.807, 2.05) is 36.4 Å². The van der Waals surface area contributed by atoms with Crippen LogP contribution < -0.4 is 11.1 Å². The van der Waals surface area contributed by atoms with Crippen molar-refractivity contribution in [1.29, 1.82) is 0 Å². The minimum absolute atomic E-state index is 0.190. The molecule has 0 saturated carbocycles. The SMILES string of the molecule is Nc1ccc(SSc2ccc(NCCC(=O)OCCCCCO)cc2)cc1. The van der Waals surface area contributed by atoms with Crippen molar-refractivity contribution in [1.82, 2.24) is 0 Å². The summed E-state index contributed by atoms with van der Waals surface area (Å²) in [7, 11) is 3.38. The Morgan fingerprint density at radius 2 is 1.59 bits per heavy atom. The number of rotatable bonds is 12. The third-order valence-corrected chi connectivity index (χ3v) is 6.11. The van der Waals surface area contributed by atoms with E-state index in [0.717, 1.165) is 40.4 Å². The van der Waals surface area contributed by atoms with Crippen molar-refractivity contribution >= 4 is 38.9 Å². The number of benzene rings is 2. The minimum Gasteiger partial charge on any atom is -0.466 e. The fourth-order valence-corrected chi connectivity index (χ4v) is 4.14. The number of hydrogen-bond donors (Lipinski definition) is 3. The molecule has 0 spiro atoms. The maximum atomic E-state index is 11.6. The average Bonchev–Trinajstić information content (AvgIpc) is 2.68. The van der Waals surface area contributed by atoms with Crippen LogP contribution in [0, 0.1) is 0 Å². The first-order valence-electron chi connectivity index (χ1n) is 8.98. The summed E-state index contributed by atoms with van der Waals surface area (Å²) in [6, 6.07) is 15.9. The molecule has 0 heterocycles. The Hall–Kier alpha value is -1.83. The second-order valence-electron chi connectivity index (χ2n) is 5.94. The zero-order valence-corrected chi connectivity index (χ0v) is 16.9. The molecule has 0 radical (unpaired) electrons. The minimum atomic E-state index is -0.196. The van der Waals surface area contributed by atoms with Gasteiger partial charge in [0.15, 0.2) is 0 Å². The molecule has 0 aliphatic heterocycles. The van der Waals surface area contributed by atoms with Crippen LogP contribution in [0.1, 0.15) is 25.7 Å². The van der Waals surface area contributed by atoms with Crippen molar-refractivity contribution in [2.45, 2.75) is 35.5 Å². The lowest BCUT2D eigenvalue weighted by Crippen LogP contribution is -2.12. The van der Waals surface area contributed by atoms with Gasteiger partial charge in [0, 0.05) is 34.3 Å². The smallest absolute Gasteiger partial charge is 0.307 e. The number of unbranched alkanes of at least 4 members (excludes halogenated alkanes) is 2. The van der Waals surface area contributed by atoms with Crippen molar-refractivity contribution in [3.8, 4) is 0 Å². The third kappa shape index (κ3) is 9.08. The molecule has 0 atom stereocenters. The monoisotopic (exact) mass is 406 g/mol. The number of aliphatic hydroxyl groups excluding tert-OH is 1. The molecule has 146 valence electrons. The first-order chi connectivity index (χ1) is 13.2. The molecular weight excluding hydrogens is 380 g/mol. The van der Waals surface area contributed by atoms with Crippen LogP contribution in [0.4, 0.5) is 11.4 Å². The van der Waals surface area contributed by atoms with Crippen molar-refractivity contribution in [2.24, 2.45) is 0 Å². The van der Waals surface area contributed by atoms with Crippen molar-refractivity contribution < 1.29 is 14.6 Å². The van der Waals surface area contributed by atoms with Crippen LogP contribution in [0.2, 0.25) is 0 Å². The number of carbonyl (C=O) groups is 1. The van der Waals surface area contributed by atoms with Gasteiger partial charge in [-0.25, -0.2) is 0 Å². The highest BCUT2D eigenvalue weighted by Crippen LogP contribution is 2.37. The molecule has 27 heavy (non-hydrogen) atoms. The largest absolute Gasteiger partial charge is 0.466 e. The van der Waals surface area contributed by atoms with Crippen LogP contribution in [-0.4, -0.2) is 30.8 Å². The van der Waals surface area contributed by atoms with Gasteiger partial charge in [-0.1, -0.05) is 21.6 Å². The lowest BCUT2D eigenvalue weighted by atomic mass is 10.2. The molecule has 0 amide bonds. The summed E-state index contributed by atoms with van der Waals surface area (Å²) < 4.78 is 5.15. The number of hydrogen-bond acceptors (Lipinski definition) is 7. The molecular formula is C20H26N2O3S2. The highest BCUT2D eigenvalue weighted by atomic mass is 33.1. The number of nitrogen functional groups attached to an aromatic ring is 1. The number of anilines is 2. The summed E-state index contributed by atoms with van der Waals surface area (Å²) in [5, 5.41) is 11.9. The van der Waals surface area contributed by atoms with Crippen LogP contribution in [-0.2, 0) is 9.53 Å². The van der Waals surface area contributed by atoms with Gasteiger partial charge in [0.25, 0.3) is 0 Å². The summed E-state index contributed by atoms with van der Waals surface area (Å²) in [5.41, 5.74) is 7.44. The van der Waals surface area contributed by atoms with Crippen molar-refractivity contribution in [2.75, 3.05) is 30.8 Å². The molecule has 5 nitrogen and oxygen atoms in total. The van der Waals surface area contributed by atoms with Gasteiger partial charge < -0.3 is 20.9 Å². The Kier molecular flexibility index (Phi) is 9.97. The maximum absolute atomic E-state index is 11.6. The van der Waals surface area contributed by atoms with Gasteiger partial charge in [-0.15, -0.1) is 0 Å². The molecule has 0 aromatic heterocycles. The topological polar surface area (TPSA) is 84.6 Å². The summed E-state index contributed by atoms with van der Waals surface area (Å²) in [6.07, 6.45) is 2.77. The van der Waals surface area contributed by atoms with Crippen LogP contribution in [0.15, 0.2) is 58.3 Å². The highest BCUT2D eigenvalue weighted by molar-refractivity contribution is 8.76. The van der Waals surface area contributed by atoms with Crippen LogP contribution in [0.5, 0.6) is 0 Å². The normalized spacial score (nSPS) is 10.6. The maximum Gasteiger partial charge on any atom is 0.307 e. The van der Waals surface area contributed by atoms with Gasteiger partial charge in [0.2, 0.25) is 0 Å². The predicted octanol–water partition coefficient (Wildman–Crippen LogP) is 4.58. The van der Waals surface area contributed by atoms with E-state index in [-0.39, 0.29) is 12.6 Å². The Morgan fingerprint density at radius 1 is 0.963 bits per heavy atom. The van der Waals surface area contributed by atoms with Crippen LogP contribution >= 0.6 is 21.6 Å². The van der Waals surface area contributed by atoms with Crippen molar-refractivity contribution in [3.05, 3.63) is 48.5 Å². The standard InChI is InChI=1S/C20H26N2O3S2/c21-16-4-8-18(9-5-16)26-27-19-10-6-17(7-11-19)22-13-12-20(24)25-15-3-1-2-14-23/h4-11,22-23H,1-3,12-15,21H2. The molecule has 2 rings (SSSR count). The molecule has 0 fully saturated rings. The number of esters is 1. The van der Waals surface area contributed by atoms with Crippen molar-refractivity contribution in [3.63, 3.8) is 0 Å². The fourth-order valence-electron chi connectivity index (χ4n) is 2.21. The molecule has 0 aliphatic rings. The fraction of sp³-hybridized carbons (Fsp3) is 0.350. The summed E-state index contributed by atoms with van der Waals surface area (Å²) in [6.45, 7) is 1.16. The molecule has 2 aromatic rings. The second kappa shape index (κ2) is 12.5. The van der Waals surface area contributed by atoms with Crippen LogP contribution in [0.3, 0.4) is 0 Å². The second-order valence-corrected chi connectivity index (χ2v) is 8.22. The van der Waals surface area contributed by atoms with E-state index in [2.05, 4.69) is 17.4 Å². The quantitative estimate of drug-likeness (QED) is 0.206. The lowest BCUT2D eigenvalue weighted by Gasteiger charge is -2.08. The van der Waals surface area contributed by atoms with Gasteiger partial charge in [0.05, 0.1) is 13.0 Å². The highest BCUT2D eigenvalue weighted by Gasteiger charge is 2.03. The Morgan fingerprint density at radius 3 is 2.22 bits per heavy atom. The third-order valence-electron chi connectivity index (χ3n) is 3.69. The van der Waals surface area contributed by atoms with E-state index in [1.165, 1.54) is 0 Å². The van der Waals surface area contributed by atoms with E-state index in [4.69, 9.17) is 15.6 Å². The lowest BCUT2D eigenvalue weighted by molar-refractivity contribution is -0.143. The van der Waals surface area contributed by atoms with Gasteiger partial charge in [-0.05, 0) is 67.8 Å². The van der Waals surface area contributed by atoms with E-state index in [9.17, 15) is 4.79 Å². The van der Waals surface area contributed by atoms with E-state index in [0.29, 0.717) is 19.6 Å². The molecule has 2 aromatic carbocycles. The molecule has 7 heteroatoms. The number of carbonyl (C=O) groups excluding carboxylic acids is 1. The van der Waals surface area contributed by atoms with Gasteiger partial charge in [0.1, 0.15) is 0 Å². The molecule has 0 unspecified atom stereocenters. The number of aliphatic hydroxyl groups is 1. The Labute approximate surface area is 168 Å². The first kappa shape index (κ1) is 21.5. The predicted molar refractivity (Wildman–Crippen MR) is 114 cm³/mol. The Balaban J connectivity index is 1.62. The molecule has 0 bridgehead atoms. The average molecular weight is 407 g/mol. The molecule has 0 saturated heterocycles. The molecule has 4 N–H and O–H groups in total. The van der Waals surface area contributed by atoms with Crippen LogP contribution in [0.25, 0.3) is 0 Å². The summed E-state index contributed by atoms with van der Waals surface area (Å²) >= 11 is 0. The number of nitrogens with one attached hydrogen (secondary N) is 1. The van der Waals surface area contributed by atoms with Gasteiger partial charge in [-0.2, -0.15) is 0 Å². The Bertz CT molecular complexity index is 679. The first-order valence-corrected chi connectivity index (χ1v) is 11.1. The van der Waals surface area contributed by atoms with E-state index < -0.39 is 0 Å². The van der Waals surface area contributed by atoms with Gasteiger partial charge >= 0.3 is 5.97 Å². The number of nitrogens with two attached hydrogens (primary N) is 1. The summed E-state index contributed by atoms with van der Waals surface area (Å²) in [5.74, 6) is -0.196. The van der Waals surface area contributed by atoms with E-state index in [1.54, 1.807) is 21.6 Å². The van der Waals surface area contributed by atoms with Gasteiger partial charge in [-0.3, -0.25) is 4.79 Å². The zero-order valence-electron chi connectivity index (χ0n) is 15.2. The summed E-state index contributed by atoms with van der Waals surface area (Å²) in [4.78, 5) is 14.0. The van der Waals surface area contributed by atoms with E-state index >= 15 is 0 Å². The number of ether oxygens (including phenoxy) is 1.